The molecule has 0 heterocycles. The minimum Gasteiger partial charge on any atom is -0.370 e. The van der Waals surface area contributed by atoms with Crippen LogP contribution >= 0.6 is 0 Å². The number of nitrogens with zero attached hydrogens (tertiary/aromatic N) is 2. The predicted molar refractivity (Wildman–Crippen MR) is 81.0 cm³/mol. The van der Waals surface area contributed by atoms with E-state index in [1.807, 2.05) is 0 Å². The molecule has 4 nitrogen and oxygen atoms in total. The SMILES string of the molecule is CCCN(CCC)CCCN=C(N)NC(C)(C)C. The normalized spacial score (nSPS) is 13.1. The van der Waals surface area contributed by atoms with Crippen molar-refractivity contribution in [3.63, 3.8) is 0 Å². The van der Waals surface area contributed by atoms with Gasteiger partial charge in [-0.15, -0.1) is 0 Å². The fraction of sp³-hybridized carbons (Fsp3) is 0.929. The van der Waals surface area contributed by atoms with Gasteiger partial charge in [-0.25, -0.2) is 0 Å². The number of rotatable bonds is 8. The summed E-state index contributed by atoms with van der Waals surface area (Å²) in [4.78, 5) is 6.86. The highest BCUT2D eigenvalue weighted by atomic mass is 15.1. The van der Waals surface area contributed by atoms with Crippen LogP contribution in [0, 0.1) is 0 Å². The van der Waals surface area contributed by atoms with Crippen molar-refractivity contribution < 1.29 is 0 Å². The van der Waals surface area contributed by atoms with Crippen molar-refractivity contribution in [3.8, 4) is 0 Å². The van der Waals surface area contributed by atoms with Crippen molar-refractivity contribution in [2.75, 3.05) is 26.2 Å². The molecule has 0 unspecified atom stereocenters. The topological polar surface area (TPSA) is 53.6 Å². The summed E-state index contributed by atoms with van der Waals surface area (Å²) < 4.78 is 0. The summed E-state index contributed by atoms with van der Waals surface area (Å²) in [5.41, 5.74) is 5.81. The minimum atomic E-state index is -0.00988. The number of guanidine groups is 1. The summed E-state index contributed by atoms with van der Waals surface area (Å²) in [5.74, 6) is 0.556. The first kappa shape index (κ1) is 17.2. The smallest absolute Gasteiger partial charge is 0.188 e. The Morgan fingerprint density at radius 1 is 1.11 bits per heavy atom. The van der Waals surface area contributed by atoms with E-state index in [0.29, 0.717) is 5.96 Å². The van der Waals surface area contributed by atoms with Crippen molar-refractivity contribution in [1.82, 2.24) is 10.2 Å². The Hall–Kier alpha value is -0.770. The molecule has 0 saturated heterocycles. The van der Waals surface area contributed by atoms with Crippen LogP contribution in [0.2, 0.25) is 0 Å². The van der Waals surface area contributed by atoms with E-state index in [0.717, 1.165) is 19.5 Å². The molecular formula is C14H32N4. The molecule has 0 spiro atoms. The third-order valence-electron chi connectivity index (χ3n) is 2.50. The van der Waals surface area contributed by atoms with Gasteiger partial charge in [-0.1, -0.05) is 13.8 Å². The Bertz CT molecular complexity index is 224. The molecule has 0 radical (unpaired) electrons. The van der Waals surface area contributed by atoms with Crippen LogP contribution in [0.5, 0.6) is 0 Å². The standard InChI is InChI=1S/C14H32N4/c1-6-10-18(11-7-2)12-8-9-16-13(15)17-14(3,4)5/h6-12H2,1-5H3,(H3,15,16,17). The van der Waals surface area contributed by atoms with Gasteiger partial charge in [0.15, 0.2) is 5.96 Å². The number of aliphatic imine (C=N–C) groups is 1. The first-order valence-corrected chi connectivity index (χ1v) is 7.19. The van der Waals surface area contributed by atoms with Crippen molar-refractivity contribution in [3.05, 3.63) is 0 Å². The molecule has 0 amide bonds. The second-order valence-electron chi connectivity index (χ2n) is 5.84. The lowest BCUT2D eigenvalue weighted by Crippen LogP contribution is -2.45. The first-order valence-electron chi connectivity index (χ1n) is 7.19. The van der Waals surface area contributed by atoms with E-state index in [1.165, 1.54) is 25.9 Å². The third-order valence-corrected chi connectivity index (χ3v) is 2.50. The van der Waals surface area contributed by atoms with Crippen LogP contribution in [0.15, 0.2) is 4.99 Å². The van der Waals surface area contributed by atoms with E-state index in [9.17, 15) is 0 Å². The molecule has 18 heavy (non-hydrogen) atoms. The summed E-state index contributed by atoms with van der Waals surface area (Å²) >= 11 is 0. The lowest BCUT2D eigenvalue weighted by atomic mass is 10.1. The molecule has 0 aromatic rings. The predicted octanol–water partition coefficient (Wildman–Crippen LogP) is 2.20. The fourth-order valence-electron chi connectivity index (χ4n) is 1.89. The Morgan fingerprint density at radius 2 is 1.67 bits per heavy atom. The van der Waals surface area contributed by atoms with Crippen LogP contribution in [0.1, 0.15) is 53.9 Å². The molecular weight excluding hydrogens is 224 g/mol. The molecule has 0 aliphatic rings. The molecule has 3 N–H and O–H groups in total. The number of hydrogen-bond donors (Lipinski definition) is 2. The van der Waals surface area contributed by atoms with Crippen LogP contribution in [0.25, 0.3) is 0 Å². The van der Waals surface area contributed by atoms with Crippen molar-refractivity contribution >= 4 is 5.96 Å². The highest BCUT2D eigenvalue weighted by Crippen LogP contribution is 1.98. The van der Waals surface area contributed by atoms with Gasteiger partial charge in [0.1, 0.15) is 0 Å². The highest BCUT2D eigenvalue weighted by Gasteiger charge is 2.09. The van der Waals surface area contributed by atoms with Crippen LogP contribution < -0.4 is 11.1 Å². The maximum Gasteiger partial charge on any atom is 0.188 e. The summed E-state index contributed by atoms with van der Waals surface area (Å²) in [5, 5.41) is 3.17. The average Bonchev–Trinajstić information content (AvgIpc) is 2.22. The molecule has 0 aliphatic heterocycles. The number of nitrogens with one attached hydrogen (secondary N) is 1. The Morgan fingerprint density at radius 3 is 2.11 bits per heavy atom. The monoisotopic (exact) mass is 256 g/mol. The molecule has 0 atom stereocenters. The maximum absolute atomic E-state index is 5.82. The van der Waals surface area contributed by atoms with E-state index in [2.05, 4.69) is 49.8 Å². The molecule has 4 heteroatoms. The molecule has 0 bridgehead atoms. The van der Waals surface area contributed by atoms with Gasteiger partial charge >= 0.3 is 0 Å². The van der Waals surface area contributed by atoms with Gasteiger partial charge in [0.05, 0.1) is 0 Å². The molecule has 0 fully saturated rings. The van der Waals surface area contributed by atoms with Crippen LogP contribution in [-0.2, 0) is 0 Å². The summed E-state index contributed by atoms with van der Waals surface area (Å²) in [6.45, 7) is 15.0. The van der Waals surface area contributed by atoms with E-state index < -0.39 is 0 Å². The van der Waals surface area contributed by atoms with Crippen LogP contribution in [0.3, 0.4) is 0 Å². The molecule has 108 valence electrons. The molecule has 0 rings (SSSR count). The summed E-state index contributed by atoms with van der Waals surface area (Å²) in [6, 6.07) is 0. The molecule has 0 aromatic carbocycles. The highest BCUT2D eigenvalue weighted by molar-refractivity contribution is 5.78. The minimum absolute atomic E-state index is 0.00988. The van der Waals surface area contributed by atoms with E-state index in [4.69, 9.17) is 5.73 Å². The van der Waals surface area contributed by atoms with E-state index in [1.54, 1.807) is 0 Å². The summed E-state index contributed by atoms with van der Waals surface area (Å²) in [6.07, 6.45) is 3.51. The summed E-state index contributed by atoms with van der Waals surface area (Å²) in [7, 11) is 0. The second-order valence-corrected chi connectivity index (χ2v) is 5.84. The number of nitrogens with two attached hydrogens (primary N) is 1. The largest absolute Gasteiger partial charge is 0.370 e. The van der Waals surface area contributed by atoms with Crippen molar-refractivity contribution in [1.29, 1.82) is 0 Å². The molecule has 0 aliphatic carbocycles. The van der Waals surface area contributed by atoms with Gasteiger partial charge in [-0.2, -0.15) is 0 Å². The van der Waals surface area contributed by atoms with Crippen molar-refractivity contribution in [2.24, 2.45) is 10.7 Å². The van der Waals surface area contributed by atoms with Gasteiger partial charge in [0, 0.05) is 12.1 Å². The zero-order valence-corrected chi connectivity index (χ0v) is 12.9. The zero-order chi connectivity index (χ0) is 14.0. The fourth-order valence-corrected chi connectivity index (χ4v) is 1.89. The zero-order valence-electron chi connectivity index (χ0n) is 12.9. The van der Waals surface area contributed by atoms with Crippen LogP contribution in [0.4, 0.5) is 0 Å². The van der Waals surface area contributed by atoms with E-state index in [-0.39, 0.29) is 5.54 Å². The third kappa shape index (κ3) is 10.4. The Balaban J connectivity index is 3.84. The maximum atomic E-state index is 5.82. The quantitative estimate of drug-likeness (QED) is 0.398. The van der Waals surface area contributed by atoms with E-state index >= 15 is 0 Å². The first-order chi connectivity index (χ1) is 8.39. The van der Waals surface area contributed by atoms with Gasteiger partial charge in [0.2, 0.25) is 0 Å². The average molecular weight is 256 g/mol. The van der Waals surface area contributed by atoms with Crippen LogP contribution in [-0.4, -0.2) is 42.6 Å². The van der Waals surface area contributed by atoms with Gasteiger partial charge in [0.25, 0.3) is 0 Å². The lowest BCUT2D eigenvalue weighted by molar-refractivity contribution is 0.273. The molecule has 0 aromatic heterocycles. The Labute approximate surface area is 113 Å². The van der Waals surface area contributed by atoms with Gasteiger partial charge in [-0.3, -0.25) is 4.99 Å². The lowest BCUT2D eigenvalue weighted by Gasteiger charge is -2.22. The van der Waals surface area contributed by atoms with Gasteiger partial charge < -0.3 is 16.0 Å². The molecule has 0 saturated carbocycles. The van der Waals surface area contributed by atoms with Crippen molar-refractivity contribution in [2.45, 2.75) is 59.4 Å². The second kappa shape index (κ2) is 9.20. The van der Waals surface area contributed by atoms with Gasteiger partial charge in [-0.05, 0) is 59.7 Å². The Kier molecular flexibility index (Phi) is 8.81. The number of hydrogen-bond acceptors (Lipinski definition) is 2.